The van der Waals surface area contributed by atoms with E-state index < -0.39 is 29.5 Å². The van der Waals surface area contributed by atoms with E-state index in [9.17, 15) is 23.9 Å². The number of fused-ring (bicyclic) bond motifs is 5. The van der Waals surface area contributed by atoms with Gasteiger partial charge in [-0.2, -0.15) is 15.2 Å². The van der Waals surface area contributed by atoms with Crippen molar-refractivity contribution < 1.29 is 28.2 Å². The lowest BCUT2D eigenvalue weighted by Gasteiger charge is -2.41. The molecule has 2 saturated carbocycles. The first-order valence-corrected chi connectivity index (χ1v) is 17.9. The fraction of sp³-hybridized carbons (Fsp3) is 0.526. The molecule has 3 aromatic rings. The summed E-state index contributed by atoms with van der Waals surface area (Å²) in [6.07, 6.45) is 5.21. The number of aromatic hydroxyl groups is 1. The molecule has 0 radical (unpaired) electrons. The van der Waals surface area contributed by atoms with Gasteiger partial charge >= 0.3 is 6.01 Å². The number of ether oxygens (including phenoxy) is 2. The summed E-state index contributed by atoms with van der Waals surface area (Å²) >= 11 is 0. The molecule has 4 heterocycles. The van der Waals surface area contributed by atoms with Gasteiger partial charge in [-0.25, -0.2) is 8.78 Å². The van der Waals surface area contributed by atoms with Gasteiger partial charge in [0.15, 0.2) is 11.6 Å². The molecule has 3 saturated heterocycles. The summed E-state index contributed by atoms with van der Waals surface area (Å²) in [5, 5.41) is 22.1. The highest BCUT2D eigenvalue weighted by Crippen LogP contribution is 2.59. The number of alkyl halides is 1. The molecule has 1 aromatic heterocycles. The fourth-order valence-electron chi connectivity index (χ4n) is 9.15. The first-order valence-electron chi connectivity index (χ1n) is 17.9. The second kappa shape index (κ2) is 11.8. The van der Waals surface area contributed by atoms with Crippen LogP contribution in [0.25, 0.3) is 22.0 Å². The number of phenolic OH excluding ortho intramolecular Hbond substituents is 1. The number of amides is 1. The molecule has 3 aliphatic carbocycles. The van der Waals surface area contributed by atoms with Crippen LogP contribution in [0, 0.1) is 17.2 Å². The van der Waals surface area contributed by atoms with Crippen molar-refractivity contribution in [3.63, 3.8) is 0 Å². The minimum absolute atomic E-state index is 0.0130. The van der Waals surface area contributed by atoms with Crippen LogP contribution < -0.4 is 14.4 Å². The number of hydrogen-bond acceptors (Lipinski definition) is 9. The number of nitriles is 1. The minimum atomic E-state index is -1.07. The molecule has 1 N–H and O–H groups in total. The van der Waals surface area contributed by atoms with E-state index >= 15 is 0 Å². The van der Waals surface area contributed by atoms with E-state index in [1.54, 1.807) is 6.07 Å². The zero-order valence-corrected chi connectivity index (χ0v) is 27.9. The van der Waals surface area contributed by atoms with E-state index in [0.29, 0.717) is 52.8 Å². The van der Waals surface area contributed by atoms with Gasteiger partial charge in [0.1, 0.15) is 29.9 Å². The molecule has 2 unspecified atom stereocenters. The van der Waals surface area contributed by atoms with Crippen molar-refractivity contribution in [2.45, 2.75) is 81.1 Å². The first-order chi connectivity index (χ1) is 24.2. The topological polar surface area (TPSA) is 115 Å². The van der Waals surface area contributed by atoms with Crippen molar-refractivity contribution in [3.8, 4) is 34.7 Å². The molecular formula is C38H40F2N6O4. The van der Waals surface area contributed by atoms with Crippen LogP contribution in [0.5, 0.6) is 17.5 Å². The average molecular weight is 683 g/mol. The second-order valence-corrected chi connectivity index (χ2v) is 15.1. The van der Waals surface area contributed by atoms with Crippen LogP contribution in [0.3, 0.4) is 0 Å². The van der Waals surface area contributed by atoms with E-state index in [1.807, 2.05) is 17.0 Å². The van der Waals surface area contributed by atoms with Crippen molar-refractivity contribution in [3.05, 3.63) is 47.8 Å². The summed E-state index contributed by atoms with van der Waals surface area (Å²) in [5.41, 5.74) is 4.21. The van der Waals surface area contributed by atoms with Crippen LogP contribution in [0.15, 0.2) is 36.7 Å². The monoisotopic (exact) mass is 682 g/mol. The third-order valence-electron chi connectivity index (χ3n) is 11.8. The lowest BCUT2D eigenvalue weighted by atomic mass is 9.92. The maximum absolute atomic E-state index is 14.7. The Morgan fingerprint density at radius 1 is 1.20 bits per heavy atom. The summed E-state index contributed by atoms with van der Waals surface area (Å²) < 4.78 is 41.8. The highest BCUT2D eigenvalue weighted by atomic mass is 19.1. The molecule has 1 amide bonds. The standard InChI is InChI=1S/C38H40F2N6O4/c1-21(39)36(48)46-13-12-44(19-24(46)8-10-41)35-30-16-31(47)32(27-5-2-4-26-28-14-22(28)15-29(26)27)34(50-25-6-7-25)33(30)42-37(43-35)49-20-38-9-3-11-45(38)18-23(40)17-38/h2,4-5,16,22-25,28,47H,1,3,6-9,11-15,17-20H2/t22?,23-,24+,28?,38+/m1/s1. The Labute approximate surface area is 289 Å². The third-order valence-corrected chi connectivity index (χ3v) is 11.8. The molecule has 5 atom stereocenters. The number of anilines is 1. The molecule has 3 aliphatic heterocycles. The highest BCUT2D eigenvalue weighted by Gasteiger charge is 2.50. The van der Waals surface area contributed by atoms with Crippen molar-refractivity contribution in [2.24, 2.45) is 5.92 Å². The molecule has 50 heavy (non-hydrogen) atoms. The number of benzene rings is 2. The third kappa shape index (κ3) is 5.24. The summed E-state index contributed by atoms with van der Waals surface area (Å²) in [5.74, 6) is 0.299. The normalized spacial score (nSPS) is 28.3. The summed E-state index contributed by atoms with van der Waals surface area (Å²) in [4.78, 5) is 28.0. The van der Waals surface area contributed by atoms with Gasteiger partial charge in [-0.05, 0) is 79.7 Å². The van der Waals surface area contributed by atoms with Crippen LogP contribution in [0.1, 0.15) is 62.0 Å². The van der Waals surface area contributed by atoms with Crippen molar-refractivity contribution in [2.75, 3.05) is 44.2 Å². The van der Waals surface area contributed by atoms with Crippen LogP contribution in [-0.4, -0.2) is 94.0 Å². The zero-order valence-electron chi connectivity index (χ0n) is 27.9. The smallest absolute Gasteiger partial charge is 0.319 e. The first kappa shape index (κ1) is 31.5. The van der Waals surface area contributed by atoms with Gasteiger partial charge in [-0.15, -0.1) is 0 Å². The second-order valence-electron chi connectivity index (χ2n) is 15.1. The Morgan fingerprint density at radius 2 is 2.06 bits per heavy atom. The molecule has 5 fully saturated rings. The number of carbonyl (C=O) groups excluding carboxylic acids is 1. The van der Waals surface area contributed by atoms with Crippen molar-refractivity contribution >= 4 is 22.6 Å². The Morgan fingerprint density at radius 3 is 2.86 bits per heavy atom. The number of hydrogen-bond donors (Lipinski definition) is 1. The van der Waals surface area contributed by atoms with Crippen molar-refractivity contribution in [1.82, 2.24) is 19.8 Å². The highest BCUT2D eigenvalue weighted by molar-refractivity contribution is 6.02. The number of aromatic nitrogens is 2. The number of rotatable bonds is 9. The average Bonchev–Trinajstić information content (AvgIpc) is 3.98. The van der Waals surface area contributed by atoms with Crippen LogP contribution in [0.2, 0.25) is 0 Å². The van der Waals surface area contributed by atoms with E-state index in [4.69, 9.17) is 19.4 Å². The van der Waals surface area contributed by atoms with Gasteiger partial charge in [0.05, 0.1) is 41.1 Å². The molecular weight excluding hydrogens is 642 g/mol. The lowest BCUT2D eigenvalue weighted by molar-refractivity contribution is -0.131. The minimum Gasteiger partial charge on any atom is -0.507 e. The molecule has 10 nitrogen and oxygen atoms in total. The van der Waals surface area contributed by atoms with Crippen LogP contribution >= 0.6 is 0 Å². The molecule has 6 aliphatic rings. The van der Waals surface area contributed by atoms with Crippen molar-refractivity contribution in [1.29, 1.82) is 5.26 Å². The van der Waals surface area contributed by atoms with Crippen LogP contribution in [-0.2, 0) is 11.2 Å². The van der Waals surface area contributed by atoms with Crippen LogP contribution in [0.4, 0.5) is 14.6 Å². The number of phenols is 1. The van der Waals surface area contributed by atoms with Gasteiger partial charge in [-0.1, -0.05) is 24.8 Å². The van der Waals surface area contributed by atoms with E-state index in [0.717, 1.165) is 44.2 Å². The largest absolute Gasteiger partial charge is 0.507 e. The Balaban J connectivity index is 1.18. The maximum atomic E-state index is 14.7. The molecule has 0 spiro atoms. The number of carbonyl (C=O) groups is 1. The van der Waals surface area contributed by atoms with Gasteiger partial charge < -0.3 is 24.4 Å². The van der Waals surface area contributed by atoms with E-state index in [1.165, 1.54) is 22.4 Å². The van der Waals surface area contributed by atoms with Gasteiger partial charge in [0, 0.05) is 32.6 Å². The summed E-state index contributed by atoms with van der Waals surface area (Å²) in [7, 11) is 0. The van der Waals surface area contributed by atoms with E-state index in [2.05, 4.69) is 23.6 Å². The summed E-state index contributed by atoms with van der Waals surface area (Å²) in [6, 6.07) is 9.59. The number of halogens is 2. The van der Waals surface area contributed by atoms with Gasteiger partial charge in [-0.3, -0.25) is 9.69 Å². The molecule has 12 heteroatoms. The Bertz CT molecular complexity index is 1960. The predicted molar refractivity (Wildman–Crippen MR) is 182 cm³/mol. The Kier molecular flexibility index (Phi) is 7.42. The molecule has 0 bridgehead atoms. The fourth-order valence-corrected chi connectivity index (χ4v) is 9.15. The number of nitrogens with zero attached hydrogens (tertiary/aromatic N) is 6. The van der Waals surface area contributed by atoms with Gasteiger partial charge in [0.2, 0.25) is 0 Å². The zero-order chi connectivity index (χ0) is 34.3. The summed E-state index contributed by atoms with van der Waals surface area (Å²) in [6.45, 7) is 5.25. The molecule has 9 rings (SSSR count). The predicted octanol–water partition coefficient (Wildman–Crippen LogP) is 5.57. The molecule has 2 aromatic carbocycles. The van der Waals surface area contributed by atoms with E-state index in [-0.39, 0.29) is 50.5 Å². The maximum Gasteiger partial charge on any atom is 0.319 e. The SMILES string of the molecule is C=C(F)C(=O)N1CCN(c2nc(OC[C@@]34CCCN3C[C@H](F)C4)nc3c(OC4CC4)c(-c4cccc5c4CC4CC54)c(O)cc23)C[C@@H]1CC#N. The van der Waals surface area contributed by atoms with Gasteiger partial charge in [0.25, 0.3) is 5.91 Å². The lowest BCUT2D eigenvalue weighted by Crippen LogP contribution is -2.55. The molecule has 260 valence electrons. The Hall–Kier alpha value is -4.50. The number of piperazine rings is 1. The quantitative estimate of drug-likeness (QED) is 0.289.